The van der Waals surface area contributed by atoms with E-state index in [2.05, 4.69) is 5.10 Å². The number of rotatable bonds is 6. The Balaban J connectivity index is 1.52. The van der Waals surface area contributed by atoms with Crippen LogP contribution in [0.3, 0.4) is 0 Å². The molecule has 0 unspecified atom stereocenters. The van der Waals surface area contributed by atoms with Crippen LogP contribution in [0.25, 0.3) is 11.4 Å². The van der Waals surface area contributed by atoms with Crippen molar-refractivity contribution in [1.82, 2.24) is 14.7 Å². The molecule has 34 heavy (non-hydrogen) atoms. The lowest BCUT2D eigenvalue weighted by Gasteiger charge is -2.28. The van der Waals surface area contributed by atoms with Crippen LogP contribution in [0.15, 0.2) is 59.6 Å². The number of carbonyl (C=O) groups is 2. The minimum absolute atomic E-state index is 0.125. The van der Waals surface area contributed by atoms with Gasteiger partial charge in [-0.2, -0.15) is 5.10 Å². The van der Waals surface area contributed by atoms with E-state index < -0.39 is 17.7 Å². The number of aromatic nitrogens is 2. The monoisotopic (exact) mass is 479 g/mol. The normalized spacial score (nSPS) is 20.9. The van der Waals surface area contributed by atoms with Gasteiger partial charge in [-0.15, -0.1) is 11.3 Å². The lowest BCUT2D eigenvalue weighted by Crippen LogP contribution is -3.14. The van der Waals surface area contributed by atoms with Crippen molar-refractivity contribution in [3.8, 4) is 5.69 Å². The number of nitrogens with zero attached hydrogens (tertiary/aromatic N) is 3. The number of thiophene rings is 1. The van der Waals surface area contributed by atoms with Gasteiger partial charge in [-0.25, -0.2) is 4.68 Å². The number of aliphatic hydroxyl groups is 1. The second-order valence-electron chi connectivity index (χ2n) is 8.51. The number of benzene rings is 1. The number of aliphatic hydroxyl groups excluding tert-OH is 1. The van der Waals surface area contributed by atoms with E-state index in [9.17, 15) is 14.7 Å². The van der Waals surface area contributed by atoms with Gasteiger partial charge in [-0.1, -0.05) is 24.3 Å². The predicted molar refractivity (Wildman–Crippen MR) is 128 cm³/mol. The summed E-state index contributed by atoms with van der Waals surface area (Å²) in [5.41, 5.74) is 2.11. The molecule has 2 fully saturated rings. The molecule has 2 saturated heterocycles. The molecule has 1 atom stereocenters. The van der Waals surface area contributed by atoms with Gasteiger partial charge in [0.05, 0.1) is 61.1 Å². The van der Waals surface area contributed by atoms with E-state index >= 15 is 0 Å². The molecule has 176 valence electrons. The zero-order chi connectivity index (χ0) is 23.7. The van der Waals surface area contributed by atoms with Crippen LogP contribution in [0.4, 0.5) is 0 Å². The Kier molecular flexibility index (Phi) is 6.32. The highest BCUT2D eigenvalue weighted by Crippen LogP contribution is 2.41. The van der Waals surface area contributed by atoms with Crippen LogP contribution >= 0.6 is 11.3 Å². The van der Waals surface area contributed by atoms with E-state index in [4.69, 9.17) is 4.74 Å². The molecule has 4 heterocycles. The van der Waals surface area contributed by atoms with E-state index in [1.807, 2.05) is 54.8 Å². The molecule has 0 radical (unpaired) electrons. The average molecular weight is 480 g/mol. The molecule has 3 aromatic rings. The van der Waals surface area contributed by atoms with Crippen molar-refractivity contribution in [2.45, 2.75) is 13.0 Å². The van der Waals surface area contributed by atoms with Crippen molar-refractivity contribution in [2.24, 2.45) is 0 Å². The van der Waals surface area contributed by atoms with Gasteiger partial charge in [0, 0.05) is 4.88 Å². The molecular weight excluding hydrogens is 452 g/mol. The summed E-state index contributed by atoms with van der Waals surface area (Å²) in [6, 6.07) is 12.8. The summed E-state index contributed by atoms with van der Waals surface area (Å²) in [5.74, 6) is -1.40. The van der Waals surface area contributed by atoms with Gasteiger partial charge in [0.15, 0.2) is 0 Å². The maximum Gasteiger partial charge on any atom is 0.295 e. The standard InChI is InChI=1S/C25H26N4O4S/c1-17-19(16-26-29(17)18-6-3-2-4-7-18)23(30)21-22(20-8-5-15-34-20)28(25(32)24(21)31)10-9-27-11-13-33-14-12-27/h2-8,15-16,22,30H,9-14H2,1H3/p+1/t22-/m1/s1. The fraction of sp³-hybridized carbons (Fsp3) is 0.320. The van der Waals surface area contributed by atoms with Crippen molar-refractivity contribution in [1.29, 1.82) is 0 Å². The Morgan fingerprint density at radius 2 is 1.94 bits per heavy atom. The molecule has 2 aromatic heterocycles. The van der Waals surface area contributed by atoms with Gasteiger partial charge in [0.1, 0.15) is 18.8 Å². The second-order valence-corrected chi connectivity index (χ2v) is 9.49. The SMILES string of the molecule is Cc1c(C(O)=C2C(=O)C(=O)N(CC[NH+]3CCOCC3)[C@@H]2c2cccs2)cnn1-c1ccccc1. The first-order valence-corrected chi connectivity index (χ1v) is 12.3. The van der Waals surface area contributed by atoms with Crippen LogP contribution in [0.1, 0.15) is 22.2 Å². The van der Waals surface area contributed by atoms with Gasteiger partial charge in [-0.05, 0) is 30.5 Å². The Morgan fingerprint density at radius 3 is 2.65 bits per heavy atom. The number of quaternary nitrogens is 1. The van der Waals surface area contributed by atoms with Crippen molar-refractivity contribution in [2.75, 3.05) is 39.4 Å². The summed E-state index contributed by atoms with van der Waals surface area (Å²) in [5, 5.41) is 17.7. The van der Waals surface area contributed by atoms with Crippen LogP contribution in [0.2, 0.25) is 0 Å². The highest BCUT2D eigenvalue weighted by atomic mass is 32.1. The number of carbonyl (C=O) groups excluding carboxylic acids is 2. The molecule has 1 amide bonds. The summed E-state index contributed by atoms with van der Waals surface area (Å²) < 4.78 is 7.15. The quantitative estimate of drug-likeness (QED) is 0.318. The molecule has 8 nitrogen and oxygen atoms in total. The number of likely N-dealkylation sites (tertiary alicyclic amines) is 1. The third-order valence-electron chi connectivity index (χ3n) is 6.52. The number of para-hydroxylation sites is 1. The number of morpholine rings is 1. The first-order chi connectivity index (χ1) is 16.6. The van der Waals surface area contributed by atoms with Crippen LogP contribution in [0.5, 0.6) is 0 Å². The number of nitrogens with one attached hydrogen (secondary N) is 1. The second kappa shape index (κ2) is 9.54. The highest BCUT2D eigenvalue weighted by molar-refractivity contribution is 7.10. The predicted octanol–water partition coefficient (Wildman–Crippen LogP) is 1.58. The molecule has 0 aliphatic carbocycles. The van der Waals surface area contributed by atoms with Crippen LogP contribution in [-0.4, -0.2) is 70.9 Å². The summed E-state index contributed by atoms with van der Waals surface area (Å²) >= 11 is 1.47. The lowest BCUT2D eigenvalue weighted by atomic mass is 10.00. The molecule has 1 aromatic carbocycles. The number of hydrogen-bond donors (Lipinski definition) is 2. The van der Waals surface area contributed by atoms with Gasteiger partial charge < -0.3 is 19.6 Å². The molecule has 0 saturated carbocycles. The van der Waals surface area contributed by atoms with Crippen LogP contribution in [-0.2, 0) is 14.3 Å². The summed E-state index contributed by atoms with van der Waals surface area (Å²) in [6.45, 7) is 6.16. The summed E-state index contributed by atoms with van der Waals surface area (Å²) in [6.07, 6.45) is 1.55. The van der Waals surface area contributed by atoms with Crippen molar-refractivity contribution in [3.63, 3.8) is 0 Å². The third kappa shape index (κ3) is 4.06. The van der Waals surface area contributed by atoms with Crippen molar-refractivity contribution in [3.05, 3.63) is 75.7 Å². The first kappa shape index (κ1) is 22.5. The molecule has 9 heteroatoms. The molecule has 5 rings (SSSR count). The van der Waals surface area contributed by atoms with E-state index in [0.717, 1.165) is 30.2 Å². The molecule has 2 aliphatic rings. The van der Waals surface area contributed by atoms with Crippen molar-refractivity contribution < 1.29 is 24.3 Å². The number of ketones is 1. The third-order valence-corrected chi connectivity index (χ3v) is 7.45. The number of hydrogen-bond acceptors (Lipinski definition) is 6. The Morgan fingerprint density at radius 1 is 1.18 bits per heavy atom. The minimum atomic E-state index is -0.653. The maximum absolute atomic E-state index is 13.2. The van der Waals surface area contributed by atoms with Gasteiger partial charge >= 0.3 is 0 Å². The summed E-state index contributed by atoms with van der Waals surface area (Å²) in [4.78, 5) is 30.1. The Labute approximate surface area is 201 Å². The molecular formula is C25H27N4O4S+. The number of ether oxygens (including phenoxy) is 1. The fourth-order valence-corrected chi connectivity index (χ4v) is 5.50. The summed E-state index contributed by atoms with van der Waals surface area (Å²) in [7, 11) is 0. The molecule has 0 bridgehead atoms. The van der Waals surface area contributed by atoms with Crippen molar-refractivity contribution >= 4 is 28.8 Å². The first-order valence-electron chi connectivity index (χ1n) is 11.4. The minimum Gasteiger partial charge on any atom is -0.507 e. The Bertz CT molecular complexity index is 1210. The van der Waals surface area contributed by atoms with Gasteiger partial charge in [-0.3, -0.25) is 9.59 Å². The van der Waals surface area contributed by atoms with Crippen LogP contribution < -0.4 is 4.90 Å². The smallest absolute Gasteiger partial charge is 0.295 e. The van der Waals surface area contributed by atoms with Gasteiger partial charge in [0.2, 0.25) is 0 Å². The molecule has 0 spiro atoms. The van der Waals surface area contributed by atoms with Crippen LogP contribution in [0, 0.1) is 6.92 Å². The largest absolute Gasteiger partial charge is 0.507 e. The average Bonchev–Trinajstić information content (AvgIpc) is 3.58. The van der Waals surface area contributed by atoms with E-state index in [1.54, 1.807) is 15.8 Å². The van der Waals surface area contributed by atoms with E-state index in [-0.39, 0.29) is 11.3 Å². The zero-order valence-corrected chi connectivity index (χ0v) is 19.8. The number of amides is 1. The molecule has 2 aliphatic heterocycles. The fourth-order valence-electron chi connectivity index (χ4n) is 4.66. The highest BCUT2D eigenvalue weighted by Gasteiger charge is 2.47. The number of Topliss-reactive ketones (excluding diaryl/α,β-unsaturated/α-hetero) is 1. The Hall–Kier alpha value is -3.27. The lowest BCUT2D eigenvalue weighted by molar-refractivity contribution is -0.907. The topological polar surface area (TPSA) is 89.1 Å². The molecule has 2 N–H and O–H groups in total. The van der Waals surface area contributed by atoms with E-state index in [0.29, 0.717) is 31.0 Å². The maximum atomic E-state index is 13.2. The van der Waals surface area contributed by atoms with E-state index in [1.165, 1.54) is 16.2 Å². The zero-order valence-electron chi connectivity index (χ0n) is 18.9. The van der Waals surface area contributed by atoms with Gasteiger partial charge in [0.25, 0.3) is 11.7 Å².